The second-order valence-corrected chi connectivity index (χ2v) is 8.31. The van der Waals surface area contributed by atoms with Gasteiger partial charge in [-0.1, -0.05) is 48.5 Å². The maximum absolute atomic E-state index is 12.5. The van der Waals surface area contributed by atoms with Crippen molar-refractivity contribution in [3.05, 3.63) is 59.7 Å². The smallest absolute Gasteiger partial charge is 0.407 e. The lowest BCUT2D eigenvalue weighted by Crippen LogP contribution is -2.45. The van der Waals surface area contributed by atoms with Gasteiger partial charge in [0.2, 0.25) is 0 Å². The average Bonchev–Trinajstić information content (AvgIpc) is 3.20. The fourth-order valence-electron chi connectivity index (χ4n) is 4.36. The number of hydrogen-bond acceptors (Lipinski definition) is 7. The van der Waals surface area contributed by atoms with Crippen molar-refractivity contribution in [3.63, 3.8) is 0 Å². The van der Waals surface area contributed by atoms with Crippen LogP contribution in [0.15, 0.2) is 48.5 Å². The van der Waals surface area contributed by atoms with Crippen LogP contribution in [-0.2, 0) is 23.7 Å². The number of rotatable bonds is 11. The molecule has 2 atom stereocenters. The molecule has 1 heterocycles. The Hall–Kier alpha value is -3.07. The molecule has 2 aromatic rings. The van der Waals surface area contributed by atoms with Gasteiger partial charge in [-0.05, 0) is 41.5 Å². The molecule has 8 nitrogen and oxygen atoms in total. The molecule has 0 saturated carbocycles. The van der Waals surface area contributed by atoms with Crippen LogP contribution >= 0.6 is 0 Å². The molecule has 0 spiro atoms. The van der Waals surface area contributed by atoms with Crippen molar-refractivity contribution in [1.82, 2.24) is 5.32 Å². The van der Waals surface area contributed by atoms with E-state index >= 15 is 0 Å². The molecule has 1 amide bonds. The summed E-state index contributed by atoms with van der Waals surface area (Å²) in [5.41, 5.74) is 4.49. The molecule has 0 bridgehead atoms. The molecule has 1 saturated heterocycles. The van der Waals surface area contributed by atoms with Crippen LogP contribution in [0, 0.1) is 5.41 Å². The number of hydrogen-bond donors (Lipinski definition) is 2. The second kappa shape index (κ2) is 11.9. The van der Waals surface area contributed by atoms with Gasteiger partial charge in [0.05, 0.1) is 26.0 Å². The first-order valence-electron chi connectivity index (χ1n) is 11.6. The molecule has 2 aliphatic rings. The zero-order valence-corrected chi connectivity index (χ0v) is 19.0. The maximum Gasteiger partial charge on any atom is 0.407 e. The van der Waals surface area contributed by atoms with E-state index in [1.54, 1.807) is 0 Å². The van der Waals surface area contributed by atoms with Gasteiger partial charge in [0.1, 0.15) is 12.6 Å². The zero-order valence-electron chi connectivity index (χ0n) is 19.0. The molecule has 2 aromatic carbocycles. The van der Waals surface area contributed by atoms with Gasteiger partial charge in [-0.25, -0.2) is 4.79 Å². The minimum atomic E-state index is -1.00. The summed E-state index contributed by atoms with van der Waals surface area (Å²) >= 11 is 0. The normalized spacial score (nSPS) is 17.9. The lowest BCUT2D eigenvalue weighted by Gasteiger charge is -2.23. The Labute approximate surface area is 199 Å². The van der Waals surface area contributed by atoms with Crippen LogP contribution in [-0.4, -0.2) is 63.5 Å². The van der Waals surface area contributed by atoms with Gasteiger partial charge in [-0.15, -0.1) is 0 Å². The third-order valence-corrected chi connectivity index (χ3v) is 6.08. The summed E-state index contributed by atoms with van der Waals surface area (Å²) in [7, 11) is 0. The van der Waals surface area contributed by atoms with Gasteiger partial charge in [-0.2, -0.15) is 0 Å². The molecular formula is C26H30N2O6. The van der Waals surface area contributed by atoms with Gasteiger partial charge in [-0.3, -0.25) is 4.79 Å². The fourth-order valence-corrected chi connectivity index (χ4v) is 4.36. The Morgan fingerprint density at radius 3 is 2.41 bits per heavy atom. The molecule has 4 rings (SSSR count). The molecule has 8 heteroatoms. The molecule has 1 aliphatic carbocycles. The lowest BCUT2D eigenvalue weighted by molar-refractivity contribution is -0.169. The second-order valence-electron chi connectivity index (χ2n) is 8.31. The minimum absolute atomic E-state index is 0.0761. The number of carbonyl (C=O) groups excluding carboxylic acids is 2. The molecule has 2 unspecified atom stereocenters. The van der Waals surface area contributed by atoms with Gasteiger partial charge in [0, 0.05) is 12.5 Å². The molecule has 2 N–H and O–H groups in total. The highest BCUT2D eigenvalue weighted by Gasteiger charge is 2.29. The monoisotopic (exact) mass is 466 g/mol. The molecule has 34 heavy (non-hydrogen) atoms. The summed E-state index contributed by atoms with van der Waals surface area (Å²) in [6.45, 7) is 1.33. The molecule has 1 aliphatic heterocycles. The van der Waals surface area contributed by atoms with Crippen LogP contribution in [0.5, 0.6) is 0 Å². The number of alkyl carbamates (subject to hydrolysis) is 1. The summed E-state index contributed by atoms with van der Waals surface area (Å²) in [6.07, 6.45) is 2.71. The standard InChI is InChI=1S/C26H30N2O6/c27-15-24(29)23(17-31-13-14-33-25-11-5-6-12-32-25)28-26(30)34-16-22-20-9-3-1-7-18(20)19-8-2-4-10-21(19)22/h1-4,7-10,15,22-23,25,27H,5-6,11-14,16-17H2,(H,28,30). The number of benzene rings is 2. The first kappa shape index (κ1) is 24.1. The summed E-state index contributed by atoms with van der Waals surface area (Å²) in [5, 5.41) is 9.80. The van der Waals surface area contributed by atoms with Crippen molar-refractivity contribution in [2.24, 2.45) is 0 Å². The summed E-state index contributed by atoms with van der Waals surface area (Å²) in [5.74, 6) is -0.643. The number of ketones is 1. The third-order valence-electron chi connectivity index (χ3n) is 6.08. The summed E-state index contributed by atoms with van der Waals surface area (Å²) in [4.78, 5) is 24.6. The van der Waals surface area contributed by atoms with E-state index in [4.69, 9.17) is 24.4 Å². The van der Waals surface area contributed by atoms with Crippen LogP contribution in [0.3, 0.4) is 0 Å². The van der Waals surface area contributed by atoms with Crippen molar-refractivity contribution in [3.8, 4) is 11.1 Å². The fraction of sp³-hybridized carbons (Fsp3) is 0.423. The van der Waals surface area contributed by atoms with Gasteiger partial charge in [0.25, 0.3) is 0 Å². The van der Waals surface area contributed by atoms with Crippen LogP contribution < -0.4 is 5.32 Å². The molecule has 1 fully saturated rings. The highest BCUT2D eigenvalue weighted by Crippen LogP contribution is 2.44. The predicted octanol–water partition coefficient (Wildman–Crippen LogP) is 3.67. The van der Waals surface area contributed by atoms with Crippen molar-refractivity contribution in [2.75, 3.05) is 33.0 Å². The highest BCUT2D eigenvalue weighted by atomic mass is 16.7. The first-order valence-corrected chi connectivity index (χ1v) is 11.6. The van der Waals surface area contributed by atoms with Crippen LogP contribution in [0.1, 0.15) is 36.3 Å². The van der Waals surface area contributed by atoms with Crippen molar-refractivity contribution in [1.29, 1.82) is 5.41 Å². The van der Waals surface area contributed by atoms with E-state index in [9.17, 15) is 9.59 Å². The number of carbonyl (C=O) groups is 2. The number of ether oxygens (including phenoxy) is 4. The van der Waals surface area contributed by atoms with E-state index in [1.807, 2.05) is 36.4 Å². The topological polar surface area (TPSA) is 107 Å². The summed E-state index contributed by atoms with van der Waals surface area (Å²) < 4.78 is 22.1. The summed E-state index contributed by atoms with van der Waals surface area (Å²) in [6, 6.07) is 15.1. The highest BCUT2D eigenvalue weighted by molar-refractivity contribution is 6.29. The Morgan fingerprint density at radius 2 is 1.76 bits per heavy atom. The Bertz CT molecular complexity index is 959. The van der Waals surface area contributed by atoms with Crippen LogP contribution in [0.4, 0.5) is 4.79 Å². The van der Waals surface area contributed by atoms with E-state index in [2.05, 4.69) is 17.4 Å². The Morgan fingerprint density at radius 1 is 1.06 bits per heavy atom. The minimum Gasteiger partial charge on any atom is -0.449 e. The SMILES string of the molecule is N=CC(=O)C(COCCOC1CCCCO1)NC(=O)OCC1c2ccccc2-c2ccccc21. The zero-order chi connectivity index (χ0) is 23.8. The van der Waals surface area contributed by atoms with E-state index in [1.165, 1.54) is 0 Å². The Kier molecular flexibility index (Phi) is 8.41. The van der Waals surface area contributed by atoms with E-state index in [-0.39, 0.29) is 32.0 Å². The average molecular weight is 467 g/mol. The quantitative estimate of drug-likeness (QED) is 0.387. The van der Waals surface area contributed by atoms with E-state index in [0.717, 1.165) is 41.5 Å². The number of amides is 1. The molecule has 0 aromatic heterocycles. The first-order chi connectivity index (χ1) is 16.7. The van der Waals surface area contributed by atoms with Crippen molar-refractivity contribution >= 4 is 18.1 Å². The molecule has 180 valence electrons. The largest absolute Gasteiger partial charge is 0.449 e. The lowest BCUT2D eigenvalue weighted by atomic mass is 9.98. The Balaban J connectivity index is 1.26. The number of fused-ring (bicyclic) bond motifs is 3. The van der Waals surface area contributed by atoms with Crippen LogP contribution in [0.2, 0.25) is 0 Å². The van der Waals surface area contributed by atoms with E-state index < -0.39 is 17.9 Å². The van der Waals surface area contributed by atoms with Gasteiger partial charge >= 0.3 is 6.09 Å². The van der Waals surface area contributed by atoms with E-state index in [0.29, 0.717) is 19.4 Å². The predicted molar refractivity (Wildman–Crippen MR) is 126 cm³/mol. The van der Waals surface area contributed by atoms with Crippen molar-refractivity contribution < 1.29 is 28.5 Å². The maximum atomic E-state index is 12.5. The number of nitrogens with one attached hydrogen (secondary N) is 2. The van der Waals surface area contributed by atoms with Crippen LogP contribution in [0.25, 0.3) is 11.1 Å². The van der Waals surface area contributed by atoms with Gasteiger partial charge < -0.3 is 29.7 Å². The number of Topliss-reactive ketones (excluding diaryl/α,β-unsaturated/α-hetero) is 1. The molecule has 0 radical (unpaired) electrons. The van der Waals surface area contributed by atoms with Crippen molar-refractivity contribution in [2.45, 2.75) is 37.5 Å². The molecular weight excluding hydrogens is 436 g/mol. The third kappa shape index (κ3) is 5.88. The van der Waals surface area contributed by atoms with Gasteiger partial charge in [0.15, 0.2) is 12.1 Å².